The predicted octanol–water partition coefficient (Wildman–Crippen LogP) is 1.60. The molecule has 2 aliphatic heterocycles. The van der Waals surface area contributed by atoms with E-state index >= 15 is 0 Å². The van der Waals surface area contributed by atoms with Crippen molar-refractivity contribution in [2.24, 2.45) is 5.92 Å². The summed E-state index contributed by atoms with van der Waals surface area (Å²) in [6, 6.07) is 1.84. The van der Waals surface area contributed by atoms with E-state index in [1.54, 1.807) is 11.3 Å². The molecule has 0 aliphatic carbocycles. The number of carbonyl (C=O) groups is 1. The number of hydrogen-bond acceptors (Lipinski definition) is 5. The van der Waals surface area contributed by atoms with Crippen LogP contribution in [0.3, 0.4) is 0 Å². The highest BCUT2D eigenvalue weighted by atomic mass is 32.2. The van der Waals surface area contributed by atoms with Gasteiger partial charge in [-0.05, 0) is 28.3 Å². The molecule has 1 aromatic heterocycles. The van der Waals surface area contributed by atoms with E-state index in [0.717, 1.165) is 13.1 Å². The van der Waals surface area contributed by atoms with Gasteiger partial charge < -0.3 is 4.90 Å². The molecule has 5 nitrogen and oxygen atoms in total. The van der Waals surface area contributed by atoms with Crippen molar-refractivity contribution in [3.8, 4) is 0 Å². The highest BCUT2D eigenvalue weighted by molar-refractivity contribution is 7.91. The van der Waals surface area contributed by atoms with E-state index in [-0.39, 0.29) is 29.5 Å². The van der Waals surface area contributed by atoms with E-state index < -0.39 is 9.84 Å². The van der Waals surface area contributed by atoms with E-state index in [9.17, 15) is 13.2 Å². The number of thiophene rings is 1. The summed E-state index contributed by atoms with van der Waals surface area (Å²) in [5.74, 6) is 0.680. The van der Waals surface area contributed by atoms with Gasteiger partial charge in [-0.2, -0.15) is 11.3 Å². The minimum Gasteiger partial charge on any atom is -0.336 e. The first-order chi connectivity index (χ1) is 10.9. The summed E-state index contributed by atoms with van der Waals surface area (Å²) in [6.45, 7) is 6.19. The molecule has 0 spiro atoms. The van der Waals surface area contributed by atoms with Crippen LogP contribution in [0.25, 0.3) is 0 Å². The van der Waals surface area contributed by atoms with E-state index in [1.165, 1.54) is 5.56 Å². The van der Waals surface area contributed by atoms with Gasteiger partial charge in [-0.25, -0.2) is 8.42 Å². The van der Waals surface area contributed by atoms with Crippen LogP contribution >= 0.6 is 11.3 Å². The maximum atomic E-state index is 12.5. The van der Waals surface area contributed by atoms with Crippen LogP contribution in [0.2, 0.25) is 0 Å². The Hall–Kier alpha value is -0.920. The van der Waals surface area contributed by atoms with Gasteiger partial charge in [0.05, 0.1) is 17.5 Å². The summed E-state index contributed by atoms with van der Waals surface area (Å²) in [5, 5.41) is 4.15. The van der Waals surface area contributed by atoms with Crippen LogP contribution in [0.4, 0.5) is 0 Å². The third-order valence-electron chi connectivity index (χ3n) is 4.66. The molecule has 3 heterocycles. The first kappa shape index (κ1) is 16.9. The monoisotopic (exact) mass is 356 g/mol. The third-order valence-corrected chi connectivity index (χ3v) is 7.09. The van der Waals surface area contributed by atoms with Crippen molar-refractivity contribution < 1.29 is 13.2 Å². The molecule has 3 rings (SSSR count). The second kappa shape index (κ2) is 6.53. The van der Waals surface area contributed by atoms with E-state index in [2.05, 4.69) is 16.3 Å². The smallest absolute Gasteiger partial charge is 0.223 e. The molecule has 1 amide bonds. The van der Waals surface area contributed by atoms with Gasteiger partial charge in [-0.15, -0.1) is 0 Å². The molecule has 2 aliphatic rings. The predicted molar refractivity (Wildman–Crippen MR) is 92.1 cm³/mol. The molecule has 128 valence electrons. The highest BCUT2D eigenvalue weighted by Gasteiger charge is 2.47. The van der Waals surface area contributed by atoms with Crippen LogP contribution in [0.15, 0.2) is 16.8 Å². The quantitative estimate of drug-likeness (QED) is 0.822. The number of nitrogens with zero attached hydrogens (tertiary/aromatic N) is 2. The molecule has 2 saturated heterocycles. The maximum absolute atomic E-state index is 12.5. The van der Waals surface area contributed by atoms with Gasteiger partial charge in [0.1, 0.15) is 0 Å². The van der Waals surface area contributed by atoms with Crippen LogP contribution in [-0.2, 0) is 21.2 Å². The summed E-state index contributed by atoms with van der Waals surface area (Å²) in [4.78, 5) is 16.6. The Morgan fingerprint density at radius 3 is 2.70 bits per heavy atom. The Balaban J connectivity index is 1.78. The lowest BCUT2D eigenvalue weighted by Crippen LogP contribution is -2.60. The maximum Gasteiger partial charge on any atom is 0.223 e. The number of fused-ring (bicyclic) bond motifs is 1. The second-order valence-electron chi connectivity index (χ2n) is 7.00. The fraction of sp³-hybridized carbons (Fsp3) is 0.688. The number of piperazine rings is 1. The summed E-state index contributed by atoms with van der Waals surface area (Å²) in [6.07, 6.45) is 0.494. The minimum absolute atomic E-state index is 0.0650. The van der Waals surface area contributed by atoms with Crippen LogP contribution < -0.4 is 0 Å². The van der Waals surface area contributed by atoms with Crippen molar-refractivity contribution in [2.45, 2.75) is 38.9 Å². The number of hydrogen-bond donors (Lipinski definition) is 0. The average Bonchev–Trinajstić information content (AvgIpc) is 3.04. The molecule has 1 aromatic rings. The molecule has 23 heavy (non-hydrogen) atoms. The Morgan fingerprint density at radius 2 is 2.04 bits per heavy atom. The van der Waals surface area contributed by atoms with E-state index in [4.69, 9.17) is 0 Å². The molecular formula is C16H24N2O3S2. The Morgan fingerprint density at radius 1 is 1.30 bits per heavy atom. The fourth-order valence-electron chi connectivity index (χ4n) is 3.61. The molecule has 2 fully saturated rings. The first-order valence-corrected chi connectivity index (χ1v) is 10.9. The van der Waals surface area contributed by atoms with Crippen LogP contribution in [0.5, 0.6) is 0 Å². The molecule has 0 N–H and O–H groups in total. The summed E-state index contributed by atoms with van der Waals surface area (Å²) in [7, 11) is -3.07. The summed E-state index contributed by atoms with van der Waals surface area (Å²) in [5.41, 5.74) is 1.22. The second-order valence-corrected chi connectivity index (χ2v) is 9.93. The van der Waals surface area contributed by atoms with Crippen molar-refractivity contribution in [2.75, 3.05) is 24.6 Å². The van der Waals surface area contributed by atoms with Gasteiger partial charge in [0.25, 0.3) is 0 Å². The van der Waals surface area contributed by atoms with Crippen molar-refractivity contribution in [1.29, 1.82) is 0 Å². The van der Waals surface area contributed by atoms with Crippen LogP contribution in [0, 0.1) is 5.92 Å². The number of rotatable bonds is 4. The highest BCUT2D eigenvalue weighted by Crippen LogP contribution is 2.29. The van der Waals surface area contributed by atoms with E-state index in [1.807, 2.05) is 24.1 Å². The Kier molecular flexibility index (Phi) is 4.80. The normalized spacial score (nSPS) is 27.3. The molecule has 0 radical (unpaired) electrons. The van der Waals surface area contributed by atoms with E-state index in [0.29, 0.717) is 18.9 Å². The van der Waals surface area contributed by atoms with Gasteiger partial charge >= 0.3 is 0 Å². The summed E-state index contributed by atoms with van der Waals surface area (Å²) >= 11 is 1.66. The zero-order valence-corrected chi connectivity index (χ0v) is 15.3. The molecule has 0 aromatic carbocycles. The minimum atomic E-state index is -3.07. The lowest BCUT2D eigenvalue weighted by atomic mass is 10.0. The van der Waals surface area contributed by atoms with Gasteiger partial charge in [0.15, 0.2) is 9.84 Å². The number of amides is 1. The molecule has 7 heteroatoms. The lowest BCUT2D eigenvalue weighted by Gasteiger charge is -2.44. The topological polar surface area (TPSA) is 57.7 Å². The SMILES string of the molecule is CC(C)CC(=O)N1CCN(Cc2ccsc2)[C@H]2CS(=O)(=O)C[C@H]21. The fourth-order valence-corrected chi connectivity index (χ4v) is 6.29. The Bertz CT molecular complexity index is 655. The average molecular weight is 357 g/mol. The lowest BCUT2D eigenvalue weighted by molar-refractivity contribution is -0.137. The molecule has 0 bridgehead atoms. The van der Waals surface area contributed by atoms with Crippen LogP contribution in [0.1, 0.15) is 25.8 Å². The largest absolute Gasteiger partial charge is 0.336 e. The van der Waals surface area contributed by atoms with Gasteiger partial charge in [0.2, 0.25) is 5.91 Å². The summed E-state index contributed by atoms with van der Waals surface area (Å²) < 4.78 is 24.3. The molecule has 0 unspecified atom stereocenters. The molecular weight excluding hydrogens is 332 g/mol. The Labute approximate surface area is 142 Å². The van der Waals surface area contributed by atoms with Crippen molar-refractivity contribution >= 4 is 27.1 Å². The van der Waals surface area contributed by atoms with Crippen LogP contribution in [-0.4, -0.2) is 60.8 Å². The number of carbonyl (C=O) groups excluding carboxylic acids is 1. The van der Waals surface area contributed by atoms with Gasteiger partial charge in [-0.3, -0.25) is 9.69 Å². The van der Waals surface area contributed by atoms with Crippen molar-refractivity contribution in [3.05, 3.63) is 22.4 Å². The number of sulfone groups is 1. The molecule has 0 saturated carbocycles. The first-order valence-electron chi connectivity index (χ1n) is 8.11. The third kappa shape index (κ3) is 3.78. The zero-order valence-electron chi connectivity index (χ0n) is 13.6. The van der Waals surface area contributed by atoms with Crippen molar-refractivity contribution in [1.82, 2.24) is 9.80 Å². The molecule has 2 atom stereocenters. The standard InChI is InChI=1S/C16H24N2O3S2/c1-12(2)7-16(19)18-5-4-17(8-13-3-6-22-9-13)14-10-23(20,21)11-15(14)18/h3,6,9,12,14-15H,4-5,7-8,10-11H2,1-2H3/t14-,15+/m0/s1. The van der Waals surface area contributed by atoms with Gasteiger partial charge in [0, 0.05) is 32.1 Å². The van der Waals surface area contributed by atoms with Crippen molar-refractivity contribution in [3.63, 3.8) is 0 Å². The zero-order chi connectivity index (χ0) is 16.6. The van der Waals surface area contributed by atoms with Gasteiger partial charge in [-0.1, -0.05) is 13.8 Å².